The molecule has 1 aromatic carbocycles. The van der Waals surface area contributed by atoms with Gasteiger partial charge in [-0.2, -0.15) is 0 Å². The predicted octanol–water partition coefficient (Wildman–Crippen LogP) is -2.14. The lowest BCUT2D eigenvalue weighted by molar-refractivity contribution is -0.144. The van der Waals surface area contributed by atoms with Crippen LogP contribution in [0.25, 0.3) is 0 Å². The summed E-state index contributed by atoms with van der Waals surface area (Å²) in [4.78, 5) is 62.5. The molecule has 1 aliphatic heterocycles. The van der Waals surface area contributed by atoms with Gasteiger partial charge in [-0.3, -0.25) is 19.2 Å². The summed E-state index contributed by atoms with van der Waals surface area (Å²) >= 11 is 0. The molecule has 0 bridgehead atoms. The zero-order valence-corrected chi connectivity index (χ0v) is 18.8. The van der Waals surface area contributed by atoms with Gasteiger partial charge in [-0.25, -0.2) is 4.79 Å². The second-order valence-electron chi connectivity index (χ2n) is 8.28. The molecule has 5 atom stereocenters. The molecule has 0 aromatic heterocycles. The van der Waals surface area contributed by atoms with Gasteiger partial charge in [0.1, 0.15) is 24.2 Å². The van der Waals surface area contributed by atoms with E-state index in [0.29, 0.717) is 18.4 Å². The lowest BCUT2D eigenvalue weighted by atomic mass is 10.0. The molecule has 4 amide bonds. The molecule has 0 radical (unpaired) electrons. The number of aliphatic carboxylic acids is 1. The number of carbonyl (C=O) groups is 5. The molecule has 1 aromatic rings. The van der Waals surface area contributed by atoms with Gasteiger partial charge < -0.3 is 37.2 Å². The van der Waals surface area contributed by atoms with Crippen LogP contribution >= 0.6 is 0 Å². The number of aliphatic hydroxyl groups is 1. The van der Waals surface area contributed by atoms with E-state index in [1.54, 1.807) is 30.3 Å². The number of benzene rings is 1. The fraction of sp³-hybridized carbons (Fsp3) is 0.500. The molecule has 0 spiro atoms. The summed E-state index contributed by atoms with van der Waals surface area (Å²) in [6.07, 6.45) is -0.814. The van der Waals surface area contributed by atoms with Crippen LogP contribution in [0.5, 0.6) is 0 Å². The summed E-state index contributed by atoms with van der Waals surface area (Å²) in [7, 11) is 0. The van der Waals surface area contributed by atoms with Crippen LogP contribution in [-0.2, 0) is 30.4 Å². The van der Waals surface area contributed by atoms with Gasteiger partial charge in [0.15, 0.2) is 0 Å². The van der Waals surface area contributed by atoms with E-state index in [2.05, 4.69) is 10.6 Å². The molecule has 186 valence electrons. The van der Waals surface area contributed by atoms with Gasteiger partial charge in [0.25, 0.3) is 0 Å². The van der Waals surface area contributed by atoms with Crippen molar-refractivity contribution in [1.29, 1.82) is 0 Å². The number of nitrogens with two attached hydrogens (primary N) is 2. The van der Waals surface area contributed by atoms with Gasteiger partial charge in [0.2, 0.25) is 23.6 Å². The number of amides is 4. The highest BCUT2D eigenvalue weighted by Gasteiger charge is 2.39. The molecule has 8 N–H and O–H groups in total. The first-order valence-electron chi connectivity index (χ1n) is 10.9. The summed E-state index contributed by atoms with van der Waals surface area (Å²) in [5, 5.41) is 23.8. The van der Waals surface area contributed by atoms with Crippen molar-refractivity contribution in [3.8, 4) is 0 Å². The molecule has 1 heterocycles. The molecular weight excluding hydrogens is 446 g/mol. The number of likely N-dealkylation sites (tertiary alicyclic amines) is 1. The number of nitrogens with zero attached hydrogens (tertiary/aromatic N) is 1. The minimum absolute atomic E-state index is 0.0369. The number of carboxylic acid groups (broad SMARTS) is 1. The predicted molar refractivity (Wildman–Crippen MR) is 120 cm³/mol. The van der Waals surface area contributed by atoms with E-state index < -0.39 is 66.3 Å². The Morgan fingerprint density at radius 1 is 1.12 bits per heavy atom. The molecule has 5 unspecified atom stereocenters. The molecule has 34 heavy (non-hydrogen) atoms. The standard InChI is InChI=1S/C22H31N5O7/c1-12(28)18(24)21(32)27-9-5-8-16(27)20(31)25-14(10-13-6-3-2-4-7-13)19(30)26-15(22(33)34)11-17(23)29/h2-4,6-7,12,14-16,18,28H,5,8-11,24H2,1H3,(H2,23,29)(H,25,31)(H,26,30)(H,33,34). The Kier molecular flexibility index (Phi) is 9.51. The first-order valence-corrected chi connectivity index (χ1v) is 10.9. The van der Waals surface area contributed by atoms with Crippen LogP contribution in [0.4, 0.5) is 0 Å². The third-order valence-electron chi connectivity index (χ3n) is 5.58. The molecule has 1 fully saturated rings. The third-order valence-corrected chi connectivity index (χ3v) is 5.58. The van der Waals surface area contributed by atoms with E-state index in [4.69, 9.17) is 11.5 Å². The highest BCUT2D eigenvalue weighted by atomic mass is 16.4. The summed E-state index contributed by atoms with van der Waals surface area (Å²) in [6, 6.07) is 3.89. The molecule has 12 heteroatoms. The maximum absolute atomic E-state index is 13.1. The number of nitrogens with one attached hydrogen (secondary N) is 2. The van der Waals surface area contributed by atoms with Crippen LogP contribution < -0.4 is 22.1 Å². The average molecular weight is 478 g/mol. The maximum Gasteiger partial charge on any atom is 0.326 e. The van der Waals surface area contributed by atoms with E-state index in [1.165, 1.54) is 11.8 Å². The van der Waals surface area contributed by atoms with Gasteiger partial charge >= 0.3 is 5.97 Å². The van der Waals surface area contributed by atoms with Gasteiger partial charge in [-0.1, -0.05) is 30.3 Å². The number of carbonyl (C=O) groups excluding carboxylic acids is 4. The topological polar surface area (TPSA) is 205 Å². The molecule has 1 saturated heterocycles. The minimum Gasteiger partial charge on any atom is -0.480 e. The van der Waals surface area contributed by atoms with Crippen molar-refractivity contribution < 1.29 is 34.2 Å². The van der Waals surface area contributed by atoms with Gasteiger partial charge in [0, 0.05) is 13.0 Å². The van der Waals surface area contributed by atoms with Crippen molar-refractivity contribution in [3.05, 3.63) is 35.9 Å². The SMILES string of the molecule is CC(O)C(N)C(=O)N1CCCC1C(=O)NC(Cc1ccccc1)C(=O)NC(CC(N)=O)C(=O)O. The Labute approximate surface area is 196 Å². The van der Waals surface area contributed by atoms with Crippen LogP contribution in [0.1, 0.15) is 31.7 Å². The largest absolute Gasteiger partial charge is 0.480 e. The fourth-order valence-electron chi connectivity index (χ4n) is 3.70. The number of hydrogen-bond donors (Lipinski definition) is 6. The second-order valence-corrected chi connectivity index (χ2v) is 8.28. The number of rotatable bonds is 11. The zero-order chi connectivity index (χ0) is 25.4. The van der Waals surface area contributed by atoms with Crippen molar-refractivity contribution in [2.45, 2.75) is 62.9 Å². The highest BCUT2D eigenvalue weighted by Crippen LogP contribution is 2.19. The molecule has 0 saturated carbocycles. The van der Waals surface area contributed by atoms with Crippen LogP contribution in [0, 0.1) is 0 Å². The van der Waals surface area contributed by atoms with Crippen molar-refractivity contribution in [1.82, 2.24) is 15.5 Å². The van der Waals surface area contributed by atoms with E-state index in [-0.39, 0.29) is 13.0 Å². The van der Waals surface area contributed by atoms with Gasteiger partial charge in [-0.05, 0) is 25.3 Å². The third kappa shape index (κ3) is 7.25. The molecular formula is C22H31N5O7. The fourth-order valence-corrected chi connectivity index (χ4v) is 3.70. The Morgan fingerprint density at radius 2 is 1.76 bits per heavy atom. The smallest absolute Gasteiger partial charge is 0.326 e. The molecule has 0 aliphatic carbocycles. The monoisotopic (exact) mass is 477 g/mol. The number of aliphatic hydroxyl groups excluding tert-OH is 1. The van der Waals surface area contributed by atoms with Crippen molar-refractivity contribution in [2.24, 2.45) is 11.5 Å². The molecule has 1 aliphatic rings. The normalized spacial score (nSPS) is 18.9. The first-order chi connectivity index (χ1) is 16.0. The Balaban J connectivity index is 2.21. The quantitative estimate of drug-likeness (QED) is 0.207. The Hall–Kier alpha value is -3.51. The van der Waals surface area contributed by atoms with Crippen LogP contribution in [0.15, 0.2) is 30.3 Å². The molecule has 12 nitrogen and oxygen atoms in total. The van der Waals surface area contributed by atoms with E-state index >= 15 is 0 Å². The lowest BCUT2D eigenvalue weighted by Crippen LogP contribution is -2.58. The van der Waals surface area contributed by atoms with Crippen LogP contribution in [-0.4, -0.2) is 81.5 Å². The van der Waals surface area contributed by atoms with E-state index in [1.807, 2.05) is 0 Å². The van der Waals surface area contributed by atoms with Crippen molar-refractivity contribution in [3.63, 3.8) is 0 Å². The zero-order valence-electron chi connectivity index (χ0n) is 18.8. The van der Waals surface area contributed by atoms with E-state index in [0.717, 1.165) is 0 Å². The van der Waals surface area contributed by atoms with Crippen LogP contribution in [0.3, 0.4) is 0 Å². The Morgan fingerprint density at radius 3 is 2.32 bits per heavy atom. The van der Waals surface area contributed by atoms with Crippen LogP contribution in [0.2, 0.25) is 0 Å². The highest BCUT2D eigenvalue weighted by molar-refractivity contribution is 5.95. The maximum atomic E-state index is 13.1. The number of primary amides is 1. The average Bonchev–Trinajstić information content (AvgIpc) is 3.27. The van der Waals surface area contributed by atoms with Gasteiger partial charge in [0.05, 0.1) is 12.5 Å². The summed E-state index contributed by atoms with van der Waals surface area (Å²) in [5.41, 5.74) is 11.5. The summed E-state index contributed by atoms with van der Waals surface area (Å²) in [5.74, 6) is -4.37. The lowest BCUT2D eigenvalue weighted by Gasteiger charge is -2.29. The number of carboxylic acids is 1. The minimum atomic E-state index is -1.56. The van der Waals surface area contributed by atoms with Crippen molar-refractivity contribution >= 4 is 29.6 Å². The number of hydrogen-bond acceptors (Lipinski definition) is 7. The van der Waals surface area contributed by atoms with Gasteiger partial charge in [-0.15, -0.1) is 0 Å². The van der Waals surface area contributed by atoms with Crippen molar-refractivity contribution in [2.75, 3.05) is 6.54 Å². The molecule has 2 rings (SSSR count). The first kappa shape index (κ1) is 26.7. The Bertz CT molecular complexity index is 908. The van der Waals surface area contributed by atoms with E-state index in [9.17, 15) is 34.2 Å². The summed E-state index contributed by atoms with van der Waals surface area (Å²) < 4.78 is 0. The second kappa shape index (κ2) is 12.1. The summed E-state index contributed by atoms with van der Waals surface area (Å²) in [6.45, 7) is 1.64.